The summed E-state index contributed by atoms with van der Waals surface area (Å²) < 4.78 is 5.24. The van der Waals surface area contributed by atoms with Crippen molar-refractivity contribution in [3.63, 3.8) is 0 Å². The quantitative estimate of drug-likeness (QED) is 0.705. The lowest BCUT2D eigenvalue weighted by atomic mass is 9.93. The fourth-order valence-corrected chi connectivity index (χ4v) is 3.53. The van der Waals surface area contributed by atoms with E-state index in [-0.39, 0.29) is 6.03 Å². The van der Waals surface area contributed by atoms with Gasteiger partial charge >= 0.3 is 11.7 Å². The van der Waals surface area contributed by atoms with Crippen LogP contribution < -0.4 is 10.9 Å². The molecule has 1 aliphatic heterocycles. The normalized spacial score (nSPS) is 15.1. The molecule has 1 N–H and O–H groups in total. The molecule has 1 fully saturated rings. The van der Waals surface area contributed by atoms with Crippen LogP contribution in [0, 0.1) is 6.92 Å². The van der Waals surface area contributed by atoms with E-state index in [9.17, 15) is 9.59 Å². The van der Waals surface area contributed by atoms with Crippen molar-refractivity contribution in [1.82, 2.24) is 14.9 Å². The SMILES string of the molecule is Cc1cc(=O)oc2cc(NC(=O)N3CCC(c4ccncn4)CC3)ccc12. The average molecular weight is 364 g/mol. The highest BCUT2D eigenvalue weighted by molar-refractivity contribution is 5.92. The molecule has 2 aromatic heterocycles. The molecule has 4 rings (SSSR count). The van der Waals surface area contributed by atoms with Gasteiger partial charge in [0.15, 0.2) is 0 Å². The summed E-state index contributed by atoms with van der Waals surface area (Å²) in [7, 11) is 0. The number of nitrogens with one attached hydrogen (secondary N) is 1. The van der Waals surface area contributed by atoms with Crippen LogP contribution >= 0.6 is 0 Å². The first-order valence-electron chi connectivity index (χ1n) is 8.96. The summed E-state index contributed by atoms with van der Waals surface area (Å²) in [6.07, 6.45) is 5.06. The maximum Gasteiger partial charge on any atom is 0.336 e. The van der Waals surface area contributed by atoms with Gasteiger partial charge < -0.3 is 14.6 Å². The van der Waals surface area contributed by atoms with Gasteiger partial charge in [-0.05, 0) is 43.5 Å². The number of rotatable bonds is 2. The number of urea groups is 1. The van der Waals surface area contributed by atoms with E-state index < -0.39 is 5.63 Å². The molecule has 7 nitrogen and oxygen atoms in total. The first-order valence-corrected chi connectivity index (χ1v) is 8.96. The van der Waals surface area contributed by atoms with Crippen LogP contribution in [0.2, 0.25) is 0 Å². The lowest BCUT2D eigenvalue weighted by Gasteiger charge is -2.31. The van der Waals surface area contributed by atoms with E-state index in [4.69, 9.17) is 4.42 Å². The molecule has 1 aliphatic rings. The Morgan fingerprint density at radius 2 is 2.04 bits per heavy atom. The second kappa shape index (κ2) is 7.19. The molecule has 2 amide bonds. The van der Waals surface area contributed by atoms with Crippen molar-refractivity contribution in [3.05, 3.63) is 64.5 Å². The number of aryl methyl sites for hydroxylation is 1. The van der Waals surface area contributed by atoms with Gasteiger partial charge in [-0.1, -0.05) is 0 Å². The summed E-state index contributed by atoms with van der Waals surface area (Å²) >= 11 is 0. The molecular formula is C20H20N4O3. The third-order valence-corrected chi connectivity index (χ3v) is 5.01. The lowest BCUT2D eigenvalue weighted by molar-refractivity contribution is 0.194. The van der Waals surface area contributed by atoms with Gasteiger partial charge in [-0.3, -0.25) is 0 Å². The van der Waals surface area contributed by atoms with E-state index in [1.54, 1.807) is 23.5 Å². The number of fused-ring (bicyclic) bond motifs is 1. The van der Waals surface area contributed by atoms with Crippen molar-refractivity contribution in [3.8, 4) is 0 Å². The van der Waals surface area contributed by atoms with Gasteiger partial charge in [-0.2, -0.15) is 0 Å². The monoisotopic (exact) mass is 364 g/mol. The molecule has 0 aliphatic carbocycles. The molecule has 0 unspecified atom stereocenters. The van der Waals surface area contributed by atoms with E-state index in [2.05, 4.69) is 15.3 Å². The minimum atomic E-state index is -0.393. The highest BCUT2D eigenvalue weighted by atomic mass is 16.4. The molecule has 3 heterocycles. The first kappa shape index (κ1) is 17.2. The minimum absolute atomic E-state index is 0.148. The third-order valence-electron chi connectivity index (χ3n) is 5.01. The molecule has 138 valence electrons. The van der Waals surface area contributed by atoms with Gasteiger partial charge in [0.05, 0.1) is 0 Å². The topological polar surface area (TPSA) is 88.3 Å². The maximum atomic E-state index is 12.6. The van der Waals surface area contributed by atoms with Crippen LogP contribution in [-0.4, -0.2) is 34.0 Å². The highest BCUT2D eigenvalue weighted by Crippen LogP contribution is 2.27. The Bertz CT molecular complexity index is 1020. The molecule has 0 atom stereocenters. The molecule has 3 aromatic rings. The number of likely N-dealkylation sites (tertiary alicyclic amines) is 1. The van der Waals surface area contributed by atoms with Crippen LogP contribution in [0.4, 0.5) is 10.5 Å². The molecule has 1 aromatic carbocycles. The fourth-order valence-electron chi connectivity index (χ4n) is 3.53. The van der Waals surface area contributed by atoms with Crippen LogP contribution in [0.1, 0.15) is 30.0 Å². The van der Waals surface area contributed by atoms with E-state index in [0.29, 0.717) is 30.3 Å². The van der Waals surface area contributed by atoms with E-state index >= 15 is 0 Å². The van der Waals surface area contributed by atoms with Gasteiger partial charge in [0, 0.05) is 54.1 Å². The smallest absolute Gasteiger partial charge is 0.336 e. The number of nitrogens with zero attached hydrogens (tertiary/aromatic N) is 3. The zero-order valence-electron chi connectivity index (χ0n) is 15.0. The molecular weight excluding hydrogens is 344 g/mol. The van der Waals surface area contributed by atoms with E-state index in [1.165, 1.54) is 6.07 Å². The average Bonchev–Trinajstić information content (AvgIpc) is 2.68. The molecule has 27 heavy (non-hydrogen) atoms. The predicted molar refractivity (Wildman–Crippen MR) is 102 cm³/mol. The number of hydrogen-bond donors (Lipinski definition) is 1. The maximum absolute atomic E-state index is 12.6. The van der Waals surface area contributed by atoms with Gasteiger partial charge in [0.2, 0.25) is 0 Å². The Morgan fingerprint density at radius 3 is 2.78 bits per heavy atom. The molecule has 0 bridgehead atoms. The van der Waals surface area contributed by atoms with Crippen LogP contribution in [0.3, 0.4) is 0 Å². The van der Waals surface area contributed by atoms with Crippen molar-refractivity contribution < 1.29 is 9.21 Å². The van der Waals surface area contributed by atoms with Crippen LogP contribution in [0.25, 0.3) is 11.0 Å². The van der Waals surface area contributed by atoms with Gasteiger partial charge in [-0.25, -0.2) is 19.6 Å². The molecule has 1 saturated heterocycles. The molecule has 0 spiro atoms. The number of anilines is 1. The van der Waals surface area contributed by atoms with Crippen molar-refractivity contribution in [2.24, 2.45) is 0 Å². The lowest BCUT2D eigenvalue weighted by Crippen LogP contribution is -2.40. The van der Waals surface area contributed by atoms with Gasteiger partial charge in [0.25, 0.3) is 0 Å². The summed E-state index contributed by atoms with van der Waals surface area (Å²) in [6.45, 7) is 3.20. The van der Waals surface area contributed by atoms with Crippen LogP contribution in [0.15, 0.2) is 52.1 Å². The van der Waals surface area contributed by atoms with Crippen molar-refractivity contribution in [1.29, 1.82) is 0 Å². The predicted octanol–water partition coefficient (Wildman–Crippen LogP) is 3.30. The number of hydrogen-bond acceptors (Lipinski definition) is 5. The summed E-state index contributed by atoms with van der Waals surface area (Å²) in [4.78, 5) is 34.2. The standard InChI is InChI=1S/C20H20N4O3/c1-13-10-19(25)27-18-11-15(2-3-16(13)18)23-20(26)24-8-5-14(6-9-24)17-4-7-21-12-22-17/h2-4,7,10-12,14H,5-6,8-9H2,1H3,(H,23,26). The van der Waals surface area contributed by atoms with Crippen molar-refractivity contribution >= 4 is 22.7 Å². The number of amides is 2. The summed E-state index contributed by atoms with van der Waals surface area (Å²) in [6, 6.07) is 8.61. The second-order valence-electron chi connectivity index (χ2n) is 6.79. The number of carbonyl (C=O) groups excluding carboxylic acids is 1. The Kier molecular flexibility index (Phi) is 4.58. The van der Waals surface area contributed by atoms with Crippen LogP contribution in [-0.2, 0) is 0 Å². The van der Waals surface area contributed by atoms with E-state index in [0.717, 1.165) is 29.5 Å². The largest absolute Gasteiger partial charge is 0.423 e. The minimum Gasteiger partial charge on any atom is -0.423 e. The number of carbonyl (C=O) groups is 1. The Balaban J connectivity index is 1.42. The fraction of sp³-hybridized carbons (Fsp3) is 0.300. The Hall–Kier alpha value is -3.22. The zero-order chi connectivity index (χ0) is 18.8. The summed E-state index contributed by atoms with van der Waals surface area (Å²) in [5, 5.41) is 3.76. The van der Waals surface area contributed by atoms with Gasteiger partial charge in [0.1, 0.15) is 11.9 Å². The molecule has 0 radical (unpaired) electrons. The van der Waals surface area contributed by atoms with Gasteiger partial charge in [-0.15, -0.1) is 0 Å². The Labute approximate surface area is 156 Å². The number of piperidine rings is 1. The van der Waals surface area contributed by atoms with Crippen molar-refractivity contribution in [2.45, 2.75) is 25.7 Å². The van der Waals surface area contributed by atoms with Crippen LogP contribution in [0.5, 0.6) is 0 Å². The number of benzene rings is 1. The third kappa shape index (κ3) is 3.67. The second-order valence-corrected chi connectivity index (χ2v) is 6.79. The summed E-state index contributed by atoms with van der Waals surface area (Å²) in [5.74, 6) is 0.356. The van der Waals surface area contributed by atoms with Crippen molar-refractivity contribution in [2.75, 3.05) is 18.4 Å². The molecule has 7 heteroatoms. The number of aromatic nitrogens is 2. The Morgan fingerprint density at radius 1 is 1.22 bits per heavy atom. The summed E-state index contributed by atoms with van der Waals surface area (Å²) in [5.41, 5.74) is 2.57. The zero-order valence-corrected chi connectivity index (χ0v) is 15.0. The molecule has 0 saturated carbocycles. The highest BCUT2D eigenvalue weighted by Gasteiger charge is 2.24. The first-order chi connectivity index (χ1) is 13.1. The van der Waals surface area contributed by atoms with E-state index in [1.807, 2.05) is 25.1 Å².